The quantitative estimate of drug-likeness (QED) is 0.207. The van der Waals surface area contributed by atoms with Crippen molar-refractivity contribution in [1.82, 2.24) is 24.8 Å². The molecule has 240 valence electrons. The number of hydrogen-bond acceptors (Lipinski definition) is 8. The lowest BCUT2D eigenvalue weighted by molar-refractivity contribution is -0.154. The predicted molar refractivity (Wildman–Crippen MR) is 155 cm³/mol. The van der Waals surface area contributed by atoms with Crippen LogP contribution in [0.5, 0.6) is 11.6 Å². The number of rotatable bonds is 11. The molecule has 1 aliphatic heterocycles. The number of ether oxygens (including phenoxy) is 2. The first kappa shape index (κ1) is 36.5. The number of aromatic nitrogens is 3. The van der Waals surface area contributed by atoms with Crippen LogP contribution in [0.25, 0.3) is 11.0 Å². The highest BCUT2D eigenvalue weighted by molar-refractivity contribution is 7.99. The number of aryl methyl sites for hydroxylation is 1. The molecule has 0 aliphatic carbocycles. The van der Waals surface area contributed by atoms with Crippen molar-refractivity contribution in [3.8, 4) is 11.6 Å². The van der Waals surface area contributed by atoms with Gasteiger partial charge < -0.3 is 19.8 Å². The predicted octanol–water partition coefficient (Wildman–Crippen LogP) is 5.34. The zero-order chi connectivity index (χ0) is 29.6. The molecule has 1 fully saturated rings. The Morgan fingerprint density at radius 1 is 0.977 bits per heavy atom. The van der Waals surface area contributed by atoms with Crippen molar-refractivity contribution in [2.45, 2.75) is 24.4 Å². The van der Waals surface area contributed by atoms with E-state index in [9.17, 15) is 31.1 Å². The Morgan fingerprint density at radius 3 is 2.26 bits per heavy atom. The van der Waals surface area contributed by atoms with Crippen LogP contribution in [-0.2, 0) is 4.79 Å². The van der Waals surface area contributed by atoms with E-state index in [-0.39, 0.29) is 37.1 Å². The Hall–Kier alpha value is -2.66. The van der Waals surface area contributed by atoms with E-state index in [4.69, 9.17) is 9.47 Å². The van der Waals surface area contributed by atoms with Gasteiger partial charge in [0, 0.05) is 50.2 Å². The maximum atomic E-state index is 12.8. The molecular formula is C25H30Cl2F6N6O3S. The summed E-state index contributed by atoms with van der Waals surface area (Å²) < 4.78 is 86.0. The van der Waals surface area contributed by atoms with Crippen LogP contribution in [0.1, 0.15) is 5.69 Å². The van der Waals surface area contributed by atoms with E-state index in [2.05, 4.69) is 25.2 Å². The minimum absolute atomic E-state index is 0. The first-order valence-electron chi connectivity index (χ1n) is 12.6. The number of para-hydroxylation sites is 2. The summed E-state index contributed by atoms with van der Waals surface area (Å²) in [5.74, 6) is -1.02. The second kappa shape index (κ2) is 15.9. The number of piperazine rings is 1. The maximum absolute atomic E-state index is 12.8. The van der Waals surface area contributed by atoms with Crippen LogP contribution in [0.15, 0.2) is 35.5 Å². The molecule has 1 aromatic carbocycles. The van der Waals surface area contributed by atoms with E-state index in [1.54, 1.807) is 11.8 Å². The lowest BCUT2D eigenvalue weighted by atomic mass is 10.3. The van der Waals surface area contributed by atoms with E-state index >= 15 is 0 Å². The third-order valence-electron chi connectivity index (χ3n) is 5.95. The number of nitrogens with one attached hydrogen (secondary N) is 2. The van der Waals surface area contributed by atoms with Crippen molar-refractivity contribution in [2.75, 3.05) is 63.6 Å². The molecule has 0 unspecified atom stereocenters. The number of carbonyl (C=O) groups is 1. The number of amides is 1. The Kier molecular flexibility index (Phi) is 13.5. The highest BCUT2D eigenvalue weighted by Crippen LogP contribution is 2.36. The summed E-state index contributed by atoms with van der Waals surface area (Å²) in [6, 6.07) is 8.85. The normalized spacial score (nSPS) is 14.6. The first-order valence-corrected chi connectivity index (χ1v) is 13.6. The largest absolute Gasteiger partial charge is 0.482 e. The van der Waals surface area contributed by atoms with Gasteiger partial charge in [-0.1, -0.05) is 23.9 Å². The van der Waals surface area contributed by atoms with Gasteiger partial charge in [0.25, 0.3) is 0 Å². The first-order chi connectivity index (χ1) is 19.3. The molecule has 0 bridgehead atoms. The van der Waals surface area contributed by atoms with E-state index < -0.39 is 48.8 Å². The molecule has 1 amide bonds. The molecule has 18 heteroatoms. The molecule has 3 heterocycles. The monoisotopic (exact) mass is 678 g/mol. The number of aromatic amines is 1. The molecule has 1 aliphatic rings. The van der Waals surface area contributed by atoms with Crippen molar-refractivity contribution >= 4 is 59.2 Å². The van der Waals surface area contributed by atoms with Gasteiger partial charge in [-0.15, -0.1) is 24.8 Å². The van der Waals surface area contributed by atoms with E-state index in [1.807, 2.05) is 29.2 Å². The molecule has 2 aromatic heterocycles. The fourth-order valence-electron chi connectivity index (χ4n) is 4.08. The lowest BCUT2D eigenvalue weighted by Crippen LogP contribution is -2.49. The van der Waals surface area contributed by atoms with Crippen molar-refractivity contribution in [3.05, 3.63) is 36.0 Å². The molecule has 4 rings (SSSR count). The van der Waals surface area contributed by atoms with Gasteiger partial charge >= 0.3 is 12.4 Å². The van der Waals surface area contributed by atoms with Crippen molar-refractivity contribution in [3.63, 3.8) is 0 Å². The summed E-state index contributed by atoms with van der Waals surface area (Å²) in [5, 5.41) is 3.18. The molecular weight excluding hydrogens is 649 g/mol. The second-order valence-electron chi connectivity index (χ2n) is 9.32. The number of thioether (sulfide) groups is 1. The Morgan fingerprint density at radius 2 is 1.60 bits per heavy atom. The fourth-order valence-corrected chi connectivity index (χ4v) is 4.97. The Labute approximate surface area is 259 Å². The Balaban J connectivity index is 0.00000323. The summed E-state index contributed by atoms with van der Waals surface area (Å²) in [4.78, 5) is 28.5. The number of carbonyl (C=O) groups excluding carboxylic acids is 1. The zero-order valence-electron chi connectivity index (χ0n) is 22.8. The Bertz CT molecular complexity index is 1270. The fraction of sp³-hybridized carbons (Fsp3) is 0.480. The number of anilines is 1. The molecule has 3 aromatic rings. The van der Waals surface area contributed by atoms with Crippen LogP contribution in [0.4, 0.5) is 32.0 Å². The zero-order valence-corrected chi connectivity index (χ0v) is 25.2. The van der Waals surface area contributed by atoms with Crippen LogP contribution in [0, 0.1) is 6.92 Å². The number of pyridine rings is 1. The number of benzene rings is 1. The van der Waals surface area contributed by atoms with Gasteiger partial charge in [-0.25, -0.2) is 9.97 Å². The molecule has 0 saturated carbocycles. The van der Waals surface area contributed by atoms with Crippen molar-refractivity contribution in [1.29, 1.82) is 0 Å². The standard InChI is InChI=1S/C25H28F6N6O3S.2ClH/c1-16-12-19(39-14-24(26,27)28)21(22(32-16)40-15-25(29,30)31)35-20(38)13-37-8-6-36(7-9-37)10-11-41-23-33-17-4-2-3-5-18(17)34-23;;/h2-5,12H,6-11,13-15H2,1H3,(H,33,34)(H,35,38);2*1H. The summed E-state index contributed by atoms with van der Waals surface area (Å²) in [6.07, 6.45) is -9.44. The van der Waals surface area contributed by atoms with E-state index in [0.717, 1.165) is 34.6 Å². The van der Waals surface area contributed by atoms with Gasteiger partial charge in [-0.3, -0.25) is 14.6 Å². The number of nitrogens with zero attached hydrogens (tertiary/aromatic N) is 4. The van der Waals surface area contributed by atoms with Crippen LogP contribution >= 0.6 is 36.6 Å². The number of halogens is 8. The highest BCUT2D eigenvalue weighted by atomic mass is 35.5. The van der Waals surface area contributed by atoms with Crippen LogP contribution < -0.4 is 14.8 Å². The molecule has 2 N–H and O–H groups in total. The number of hydrogen-bond donors (Lipinski definition) is 2. The van der Waals surface area contributed by atoms with Gasteiger partial charge in [0.1, 0.15) is 5.69 Å². The number of H-pyrrole nitrogens is 1. The topological polar surface area (TPSA) is 95.6 Å². The summed E-state index contributed by atoms with van der Waals surface area (Å²) in [7, 11) is 0. The summed E-state index contributed by atoms with van der Waals surface area (Å²) in [5.41, 5.74) is 1.44. The number of fused-ring (bicyclic) bond motifs is 1. The van der Waals surface area contributed by atoms with Gasteiger partial charge in [0.15, 0.2) is 24.1 Å². The molecule has 0 radical (unpaired) electrons. The van der Waals surface area contributed by atoms with Crippen molar-refractivity contribution in [2.24, 2.45) is 0 Å². The third-order valence-corrected chi connectivity index (χ3v) is 6.81. The summed E-state index contributed by atoms with van der Waals surface area (Å²) >= 11 is 1.61. The molecule has 0 atom stereocenters. The number of alkyl halides is 6. The minimum atomic E-state index is -4.73. The molecule has 1 saturated heterocycles. The van der Waals surface area contributed by atoms with Crippen molar-refractivity contribution < 1.29 is 40.6 Å². The lowest BCUT2D eigenvalue weighted by Gasteiger charge is -2.34. The highest BCUT2D eigenvalue weighted by Gasteiger charge is 2.32. The SMILES string of the molecule is Cc1cc(OCC(F)(F)F)c(NC(=O)CN2CCN(CCSc3nc4ccccc4[nH]3)CC2)c(OCC(F)(F)F)n1.Cl.Cl. The van der Waals surface area contributed by atoms with Gasteiger partial charge in [-0.2, -0.15) is 26.3 Å². The van der Waals surface area contributed by atoms with Crippen LogP contribution in [0.3, 0.4) is 0 Å². The summed E-state index contributed by atoms with van der Waals surface area (Å²) in [6.45, 7) is 1.01. The third kappa shape index (κ3) is 11.7. The van der Waals surface area contributed by atoms with Crippen LogP contribution in [-0.4, -0.2) is 101 Å². The smallest absolute Gasteiger partial charge is 0.422 e. The number of imidazole rings is 1. The molecule has 9 nitrogen and oxygen atoms in total. The average molecular weight is 680 g/mol. The van der Waals surface area contributed by atoms with E-state index in [0.29, 0.717) is 26.2 Å². The van der Waals surface area contributed by atoms with Crippen LogP contribution in [0.2, 0.25) is 0 Å². The van der Waals surface area contributed by atoms with Gasteiger partial charge in [-0.05, 0) is 19.1 Å². The maximum Gasteiger partial charge on any atom is 0.422 e. The van der Waals surface area contributed by atoms with Gasteiger partial charge in [0.05, 0.1) is 17.6 Å². The van der Waals surface area contributed by atoms with E-state index in [1.165, 1.54) is 6.92 Å². The molecule has 43 heavy (non-hydrogen) atoms. The second-order valence-corrected chi connectivity index (χ2v) is 10.4. The minimum Gasteiger partial charge on any atom is -0.482 e. The molecule has 0 spiro atoms. The average Bonchev–Trinajstić information content (AvgIpc) is 3.30. The van der Waals surface area contributed by atoms with Gasteiger partial charge in [0.2, 0.25) is 11.8 Å².